The van der Waals surface area contributed by atoms with Gasteiger partial charge in [0, 0.05) is 17.8 Å². The number of aryl methyl sites for hydroxylation is 2. The molecule has 1 fully saturated rings. The molecular weight excluding hydrogens is 354 g/mol. The Bertz CT molecular complexity index is 1020. The highest BCUT2D eigenvalue weighted by Crippen LogP contribution is 2.23. The third kappa shape index (κ3) is 3.75. The number of hydrogen-bond donors (Lipinski definition) is 3. The van der Waals surface area contributed by atoms with Crippen molar-refractivity contribution >= 4 is 22.8 Å². The molecule has 1 aliphatic rings. The number of hydrogen-bond acceptors (Lipinski definition) is 6. The van der Waals surface area contributed by atoms with E-state index in [1.165, 1.54) is 5.56 Å². The van der Waals surface area contributed by atoms with Crippen LogP contribution in [-0.2, 0) is 4.79 Å². The van der Waals surface area contributed by atoms with Crippen LogP contribution in [0.15, 0.2) is 42.5 Å². The molecule has 144 valence electrons. The monoisotopic (exact) mass is 377 g/mol. The van der Waals surface area contributed by atoms with Crippen molar-refractivity contribution in [3.05, 3.63) is 59.3 Å². The van der Waals surface area contributed by atoms with Gasteiger partial charge in [-0.3, -0.25) is 10.1 Å². The SMILES string of the molecule is COc1ccc(C2CC(=O)NC(Nc3nc(C)c4cc(C)ccc4n3)N2)cc1. The summed E-state index contributed by atoms with van der Waals surface area (Å²) in [7, 11) is 1.63. The van der Waals surface area contributed by atoms with E-state index in [1.54, 1.807) is 7.11 Å². The Morgan fingerprint density at radius 2 is 1.89 bits per heavy atom. The number of fused-ring (bicyclic) bond motifs is 1. The Morgan fingerprint density at radius 3 is 2.64 bits per heavy atom. The van der Waals surface area contributed by atoms with Gasteiger partial charge >= 0.3 is 0 Å². The summed E-state index contributed by atoms with van der Waals surface area (Å²) < 4.78 is 5.20. The van der Waals surface area contributed by atoms with Crippen molar-refractivity contribution in [1.29, 1.82) is 0 Å². The van der Waals surface area contributed by atoms with E-state index in [0.29, 0.717) is 12.4 Å². The van der Waals surface area contributed by atoms with Crippen LogP contribution in [0, 0.1) is 13.8 Å². The van der Waals surface area contributed by atoms with E-state index in [2.05, 4.69) is 32.0 Å². The Kier molecular flexibility index (Phi) is 4.83. The summed E-state index contributed by atoms with van der Waals surface area (Å²) in [6.45, 7) is 4.01. The molecule has 2 unspecified atom stereocenters. The van der Waals surface area contributed by atoms with Crippen molar-refractivity contribution < 1.29 is 9.53 Å². The van der Waals surface area contributed by atoms with E-state index in [4.69, 9.17) is 4.74 Å². The molecule has 7 heteroatoms. The van der Waals surface area contributed by atoms with Crippen LogP contribution >= 0.6 is 0 Å². The molecule has 3 aromatic rings. The summed E-state index contributed by atoms with van der Waals surface area (Å²) in [5.74, 6) is 1.22. The highest BCUT2D eigenvalue weighted by molar-refractivity contribution is 5.82. The number of anilines is 1. The van der Waals surface area contributed by atoms with Gasteiger partial charge in [-0.2, -0.15) is 0 Å². The van der Waals surface area contributed by atoms with Gasteiger partial charge in [-0.15, -0.1) is 0 Å². The van der Waals surface area contributed by atoms with Crippen molar-refractivity contribution in [2.75, 3.05) is 12.4 Å². The lowest BCUT2D eigenvalue weighted by Gasteiger charge is -2.32. The molecule has 1 aliphatic heterocycles. The first-order valence-electron chi connectivity index (χ1n) is 9.23. The van der Waals surface area contributed by atoms with Crippen LogP contribution in [0.1, 0.15) is 29.3 Å². The van der Waals surface area contributed by atoms with E-state index in [-0.39, 0.29) is 11.9 Å². The third-order valence-electron chi connectivity index (χ3n) is 4.90. The second kappa shape index (κ2) is 7.44. The minimum atomic E-state index is -0.462. The Hall–Kier alpha value is -3.19. The highest BCUT2D eigenvalue weighted by Gasteiger charge is 2.27. The number of carbonyl (C=O) groups is 1. The van der Waals surface area contributed by atoms with Gasteiger partial charge in [0.15, 0.2) is 6.29 Å². The van der Waals surface area contributed by atoms with Crippen LogP contribution in [-0.4, -0.2) is 29.3 Å². The van der Waals surface area contributed by atoms with Crippen molar-refractivity contribution in [3.8, 4) is 5.75 Å². The van der Waals surface area contributed by atoms with Crippen LogP contribution in [0.3, 0.4) is 0 Å². The second-order valence-electron chi connectivity index (χ2n) is 6.99. The summed E-state index contributed by atoms with van der Waals surface area (Å²) in [4.78, 5) is 21.4. The molecule has 3 N–H and O–H groups in total. The maximum Gasteiger partial charge on any atom is 0.226 e. The summed E-state index contributed by atoms with van der Waals surface area (Å²) >= 11 is 0. The zero-order chi connectivity index (χ0) is 19.7. The first kappa shape index (κ1) is 18.2. The lowest BCUT2D eigenvalue weighted by atomic mass is 10.0. The maximum atomic E-state index is 12.2. The van der Waals surface area contributed by atoms with Gasteiger partial charge in [0.2, 0.25) is 11.9 Å². The van der Waals surface area contributed by atoms with Gasteiger partial charge in [0.25, 0.3) is 0 Å². The van der Waals surface area contributed by atoms with Gasteiger partial charge in [0.05, 0.1) is 18.3 Å². The summed E-state index contributed by atoms with van der Waals surface area (Å²) in [6, 6.07) is 13.7. The topological polar surface area (TPSA) is 88.2 Å². The van der Waals surface area contributed by atoms with Gasteiger partial charge in [-0.25, -0.2) is 9.97 Å². The van der Waals surface area contributed by atoms with Gasteiger partial charge in [-0.05, 0) is 43.7 Å². The molecule has 2 heterocycles. The molecular formula is C21H23N5O2. The Balaban J connectivity index is 1.54. The number of aromatic nitrogens is 2. The molecule has 0 saturated carbocycles. The lowest BCUT2D eigenvalue weighted by Crippen LogP contribution is -2.56. The molecule has 0 bridgehead atoms. The van der Waals surface area contributed by atoms with Crippen molar-refractivity contribution in [1.82, 2.24) is 20.6 Å². The van der Waals surface area contributed by atoms with Gasteiger partial charge < -0.3 is 15.4 Å². The van der Waals surface area contributed by atoms with Gasteiger partial charge in [-0.1, -0.05) is 23.8 Å². The number of carbonyl (C=O) groups excluding carboxylic acids is 1. The highest BCUT2D eigenvalue weighted by atomic mass is 16.5. The summed E-state index contributed by atoms with van der Waals surface area (Å²) in [5.41, 5.74) is 3.96. The predicted molar refractivity (Wildman–Crippen MR) is 108 cm³/mol. The minimum absolute atomic E-state index is 0.0368. The molecule has 28 heavy (non-hydrogen) atoms. The average Bonchev–Trinajstić information content (AvgIpc) is 2.68. The van der Waals surface area contributed by atoms with Crippen LogP contribution < -0.4 is 20.7 Å². The number of rotatable bonds is 4. The van der Waals surface area contributed by atoms with E-state index in [1.807, 2.05) is 50.2 Å². The van der Waals surface area contributed by atoms with Crippen LogP contribution in [0.5, 0.6) is 5.75 Å². The van der Waals surface area contributed by atoms with Crippen molar-refractivity contribution in [3.63, 3.8) is 0 Å². The lowest BCUT2D eigenvalue weighted by molar-refractivity contribution is -0.124. The smallest absolute Gasteiger partial charge is 0.226 e. The zero-order valence-electron chi connectivity index (χ0n) is 16.1. The Morgan fingerprint density at radius 1 is 1.11 bits per heavy atom. The number of ether oxygens (including phenoxy) is 1. The van der Waals surface area contributed by atoms with Crippen LogP contribution in [0.2, 0.25) is 0 Å². The molecule has 2 atom stereocenters. The zero-order valence-corrected chi connectivity index (χ0v) is 16.1. The predicted octanol–water partition coefficient (Wildman–Crippen LogP) is 2.80. The average molecular weight is 377 g/mol. The minimum Gasteiger partial charge on any atom is -0.497 e. The normalized spacial score (nSPS) is 19.3. The Labute approximate surface area is 163 Å². The van der Waals surface area contributed by atoms with E-state index >= 15 is 0 Å². The molecule has 1 amide bonds. The van der Waals surface area contributed by atoms with Crippen LogP contribution in [0.25, 0.3) is 10.9 Å². The van der Waals surface area contributed by atoms with Crippen LogP contribution in [0.4, 0.5) is 5.95 Å². The number of methoxy groups -OCH3 is 1. The molecule has 7 nitrogen and oxygen atoms in total. The third-order valence-corrected chi connectivity index (χ3v) is 4.90. The first-order valence-corrected chi connectivity index (χ1v) is 9.23. The molecule has 0 spiro atoms. The van der Waals surface area contributed by atoms with E-state index in [9.17, 15) is 4.79 Å². The largest absolute Gasteiger partial charge is 0.497 e. The quantitative estimate of drug-likeness (QED) is 0.648. The van der Waals surface area contributed by atoms with E-state index < -0.39 is 6.29 Å². The van der Waals surface area contributed by atoms with E-state index in [0.717, 1.165) is 27.9 Å². The number of nitrogens with zero attached hydrogens (tertiary/aromatic N) is 2. The molecule has 4 rings (SSSR count). The van der Waals surface area contributed by atoms with Crippen molar-refractivity contribution in [2.24, 2.45) is 0 Å². The molecule has 1 saturated heterocycles. The summed E-state index contributed by atoms with van der Waals surface area (Å²) in [5, 5.41) is 10.5. The fourth-order valence-corrected chi connectivity index (χ4v) is 3.42. The standard InChI is InChI=1S/C21H23N5O2/c1-12-4-9-17-16(10-12)13(2)22-20(23-17)26-21-24-18(11-19(27)25-21)14-5-7-15(28-3)8-6-14/h4-10,18,21,24H,11H2,1-3H3,(H,25,27)(H,22,23,26). The fourth-order valence-electron chi connectivity index (χ4n) is 3.42. The summed E-state index contributed by atoms with van der Waals surface area (Å²) in [6.07, 6.45) is -0.0999. The molecule has 0 radical (unpaired) electrons. The van der Waals surface area contributed by atoms with Crippen molar-refractivity contribution in [2.45, 2.75) is 32.6 Å². The number of benzene rings is 2. The molecule has 1 aromatic heterocycles. The maximum absolute atomic E-state index is 12.2. The molecule has 0 aliphatic carbocycles. The number of nitrogens with one attached hydrogen (secondary N) is 3. The van der Waals surface area contributed by atoms with Gasteiger partial charge in [0.1, 0.15) is 5.75 Å². The number of amides is 1. The molecule has 2 aromatic carbocycles. The second-order valence-corrected chi connectivity index (χ2v) is 6.99. The first-order chi connectivity index (χ1) is 13.5. The fraction of sp³-hybridized carbons (Fsp3) is 0.286.